The van der Waals surface area contributed by atoms with Gasteiger partial charge in [-0.15, -0.1) is 0 Å². The lowest BCUT2D eigenvalue weighted by Crippen LogP contribution is -2.33. The van der Waals surface area contributed by atoms with E-state index in [2.05, 4.69) is 11.8 Å². The molecule has 1 N–H and O–H groups in total. The molecule has 0 aromatic heterocycles. The maximum absolute atomic E-state index is 9.57. The van der Waals surface area contributed by atoms with Gasteiger partial charge in [0.05, 0.1) is 12.7 Å². The van der Waals surface area contributed by atoms with Crippen LogP contribution in [0.5, 0.6) is 0 Å². The fourth-order valence-electron chi connectivity index (χ4n) is 2.19. The Balaban J connectivity index is 2.25. The smallest absolute Gasteiger partial charge is 0.0682 e. The van der Waals surface area contributed by atoms with Crippen LogP contribution < -0.4 is 0 Å². The summed E-state index contributed by atoms with van der Waals surface area (Å²) < 4.78 is 5.33. The molecule has 1 rings (SSSR count). The number of rotatable bonds is 6. The number of likely N-dealkylation sites (tertiary alicyclic amines) is 1. The molecule has 1 aliphatic heterocycles. The van der Waals surface area contributed by atoms with E-state index in [0.717, 1.165) is 32.7 Å². The van der Waals surface area contributed by atoms with Gasteiger partial charge in [-0.3, -0.25) is 4.90 Å². The van der Waals surface area contributed by atoms with Gasteiger partial charge in [0.25, 0.3) is 0 Å². The van der Waals surface area contributed by atoms with Gasteiger partial charge in [-0.25, -0.2) is 0 Å². The first-order valence-corrected chi connectivity index (χ1v) is 5.77. The molecule has 3 heteroatoms. The molecule has 14 heavy (non-hydrogen) atoms. The summed E-state index contributed by atoms with van der Waals surface area (Å²) in [6, 6.07) is 0.579. The van der Waals surface area contributed by atoms with Crippen LogP contribution in [0, 0.1) is 0 Å². The predicted molar refractivity (Wildman–Crippen MR) is 57.4 cm³/mol. The van der Waals surface area contributed by atoms with Crippen LogP contribution >= 0.6 is 0 Å². The summed E-state index contributed by atoms with van der Waals surface area (Å²) in [4.78, 5) is 2.36. The van der Waals surface area contributed by atoms with Crippen molar-refractivity contribution in [3.63, 3.8) is 0 Å². The molecule has 1 heterocycles. The van der Waals surface area contributed by atoms with Crippen molar-refractivity contribution in [1.82, 2.24) is 4.90 Å². The third kappa shape index (κ3) is 3.56. The summed E-state index contributed by atoms with van der Waals surface area (Å²) >= 11 is 0. The van der Waals surface area contributed by atoms with E-state index in [9.17, 15) is 5.11 Å². The average molecular weight is 201 g/mol. The van der Waals surface area contributed by atoms with Crippen molar-refractivity contribution in [2.75, 3.05) is 26.3 Å². The summed E-state index contributed by atoms with van der Waals surface area (Å²) in [6.45, 7) is 7.60. The number of nitrogens with zero attached hydrogens (tertiary/aromatic N) is 1. The average Bonchev–Trinajstić information content (AvgIpc) is 2.48. The maximum Gasteiger partial charge on any atom is 0.0682 e. The molecule has 84 valence electrons. The number of ether oxygens (including phenoxy) is 1. The summed E-state index contributed by atoms with van der Waals surface area (Å²) in [6.07, 6.45) is 3.22. The largest absolute Gasteiger partial charge is 0.392 e. The monoisotopic (exact) mass is 201 g/mol. The summed E-state index contributed by atoms with van der Waals surface area (Å²) in [7, 11) is 0. The lowest BCUT2D eigenvalue weighted by atomic mass is 10.1. The zero-order valence-corrected chi connectivity index (χ0v) is 9.41. The highest BCUT2D eigenvalue weighted by Gasteiger charge is 2.29. The van der Waals surface area contributed by atoms with E-state index in [-0.39, 0.29) is 6.10 Å². The van der Waals surface area contributed by atoms with E-state index in [0.29, 0.717) is 6.04 Å². The minimum Gasteiger partial charge on any atom is -0.392 e. The molecule has 0 unspecified atom stereocenters. The van der Waals surface area contributed by atoms with Crippen LogP contribution in [-0.4, -0.2) is 48.5 Å². The Morgan fingerprint density at radius 2 is 2.21 bits per heavy atom. The highest BCUT2D eigenvalue weighted by atomic mass is 16.5. The Morgan fingerprint density at radius 1 is 1.43 bits per heavy atom. The fraction of sp³-hybridized carbons (Fsp3) is 1.00. The Morgan fingerprint density at radius 3 is 2.86 bits per heavy atom. The molecule has 0 aliphatic carbocycles. The minimum atomic E-state index is -0.117. The normalized spacial score (nSPS) is 28.5. The van der Waals surface area contributed by atoms with Gasteiger partial charge in [0, 0.05) is 25.7 Å². The summed E-state index contributed by atoms with van der Waals surface area (Å²) in [5, 5.41) is 9.57. The van der Waals surface area contributed by atoms with Crippen molar-refractivity contribution in [1.29, 1.82) is 0 Å². The predicted octanol–water partition coefficient (Wildman–Crippen LogP) is 1.26. The number of β-amino-alcohol motifs (C(OH)–C–C–N with tert-alkyl or cyclic N) is 1. The topological polar surface area (TPSA) is 32.7 Å². The third-order valence-electron chi connectivity index (χ3n) is 2.85. The van der Waals surface area contributed by atoms with Gasteiger partial charge in [-0.1, -0.05) is 13.3 Å². The summed E-state index contributed by atoms with van der Waals surface area (Å²) in [5.74, 6) is 0. The highest BCUT2D eigenvalue weighted by Crippen LogP contribution is 2.21. The number of aliphatic hydroxyl groups is 1. The van der Waals surface area contributed by atoms with E-state index in [1.165, 1.54) is 12.8 Å². The molecule has 1 aliphatic rings. The summed E-state index contributed by atoms with van der Waals surface area (Å²) in [5.41, 5.74) is 0. The Kier molecular flexibility index (Phi) is 5.45. The Bertz CT molecular complexity index is 152. The zero-order chi connectivity index (χ0) is 10.4. The van der Waals surface area contributed by atoms with Crippen molar-refractivity contribution in [2.24, 2.45) is 0 Å². The van der Waals surface area contributed by atoms with E-state index in [4.69, 9.17) is 4.74 Å². The maximum atomic E-state index is 9.57. The van der Waals surface area contributed by atoms with E-state index in [1.807, 2.05) is 6.92 Å². The van der Waals surface area contributed by atoms with Gasteiger partial charge in [0.1, 0.15) is 0 Å². The first-order chi connectivity index (χ1) is 6.77. The first kappa shape index (κ1) is 12.0. The molecule has 0 bridgehead atoms. The van der Waals surface area contributed by atoms with Crippen LogP contribution in [0.1, 0.15) is 33.1 Å². The highest BCUT2D eigenvalue weighted by molar-refractivity contribution is 4.84. The standard InChI is InChI=1S/C11H23NO2/c1-3-5-10-8-11(13)9-12(10)6-7-14-4-2/h10-11,13H,3-9H2,1-2H3/t10-,11-/m0/s1. The van der Waals surface area contributed by atoms with E-state index >= 15 is 0 Å². The van der Waals surface area contributed by atoms with Gasteiger partial charge in [0.15, 0.2) is 0 Å². The van der Waals surface area contributed by atoms with Crippen molar-refractivity contribution in [2.45, 2.75) is 45.3 Å². The second-order valence-electron chi connectivity index (χ2n) is 4.02. The van der Waals surface area contributed by atoms with Gasteiger partial charge >= 0.3 is 0 Å². The van der Waals surface area contributed by atoms with Crippen LogP contribution in [-0.2, 0) is 4.74 Å². The Labute approximate surface area is 87.1 Å². The van der Waals surface area contributed by atoms with Crippen LogP contribution in [0.15, 0.2) is 0 Å². The molecule has 0 saturated carbocycles. The lowest BCUT2D eigenvalue weighted by molar-refractivity contribution is 0.101. The lowest BCUT2D eigenvalue weighted by Gasteiger charge is -2.23. The van der Waals surface area contributed by atoms with Crippen LogP contribution in [0.3, 0.4) is 0 Å². The second-order valence-corrected chi connectivity index (χ2v) is 4.02. The molecule has 3 nitrogen and oxygen atoms in total. The van der Waals surface area contributed by atoms with Gasteiger partial charge < -0.3 is 9.84 Å². The quantitative estimate of drug-likeness (QED) is 0.657. The van der Waals surface area contributed by atoms with Gasteiger partial charge in [0.2, 0.25) is 0 Å². The van der Waals surface area contributed by atoms with Gasteiger partial charge in [-0.05, 0) is 19.8 Å². The molecular formula is C11H23NO2. The van der Waals surface area contributed by atoms with Crippen molar-refractivity contribution >= 4 is 0 Å². The van der Waals surface area contributed by atoms with Crippen LogP contribution in [0.25, 0.3) is 0 Å². The van der Waals surface area contributed by atoms with Crippen molar-refractivity contribution in [3.8, 4) is 0 Å². The zero-order valence-electron chi connectivity index (χ0n) is 9.41. The molecular weight excluding hydrogens is 178 g/mol. The molecule has 0 aromatic rings. The van der Waals surface area contributed by atoms with Crippen LogP contribution in [0.4, 0.5) is 0 Å². The third-order valence-corrected chi connectivity index (χ3v) is 2.85. The number of aliphatic hydroxyl groups excluding tert-OH is 1. The molecule has 0 radical (unpaired) electrons. The number of hydrogen-bond donors (Lipinski definition) is 1. The first-order valence-electron chi connectivity index (χ1n) is 5.77. The molecule has 0 amide bonds. The molecule has 1 fully saturated rings. The van der Waals surface area contributed by atoms with Crippen molar-refractivity contribution < 1.29 is 9.84 Å². The Hall–Kier alpha value is -0.120. The number of hydrogen-bond acceptors (Lipinski definition) is 3. The SMILES string of the molecule is CCC[C@H]1C[C@H](O)CN1CCOCC. The minimum absolute atomic E-state index is 0.117. The van der Waals surface area contributed by atoms with Crippen molar-refractivity contribution in [3.05, 3.63) is 0 Å². The van der Waals surface area contributed by atoms with E-state index in [1.54, 1.807) is 0 Å². The second kappa shape index (κ2) is 6.38. The fourth-order valence-corrected chi connectivity index (χ4v) is 2.19. The van der Waals surface area contributed by atoms with E-state index < -0.39 is 0 Å². The van der Waals surface area contributed by atoms with Crippen LogP contribution in [0.2, 0.25) is 0 Å². The molecule has 0 spiro atoms. The molecule has 0 aromatic carbocycles. The molecule has 1 saturated heterocycles. The van der Waals surface area contributed by atoms with Gasteiger partial charge in [-0.2, -0.15) is 0 Å². The molecule has 2 atom stereocenters.